The summed E-state index contributed by atoms with van der Waals surface area (Å²) < 4.78 is 0. The van der Waals surface area contributed by atoms with E-state index in [0.29, 0.717) is 5.41 Å². The summed E-state index contributed by atoms with van der Waals surface area (Å²) >= 11 is 0. The molecule has 4 heteroatoms. The van der Waals surface area contributed by atoms with E-state index in [4.69, 9.17) is 0 Å². The minimum atomic E-state index is 0.464. The Kier molecular flexibility index (Phi) is 5.43. The van der Waals surface area contributed by atoms with Crippen molar-refractivity contribution in [2.45, 2.75) is 59.8 Å². The van der Waals surface area contributed by atoms with Crippen LogP contribution in [0.5, 0.6) is 0 Å². The highest BCUT2D eigenvalue weighted by molar-refractivity contribution is 5.42. The fraction of sp³-hybridized carbons (Fsp3) is 0.765. The van der Waals surface area contributed by atoms with Crippen LogP contribution in [0, 0.1) is 18.3 Å². The maximum Gasteiger partial charge on any atom is 0.224 e. The number of nitrogens with one attached hydrogen (secondary N) is 2. The zero-order valence-corrected chi connectivity index (χ0v) is 14.0. The summed E-state index contributed by atoms with van der Waals surface area (Å²) in [7, 11) is 0. The van der Waals surface area contributed by atoms with Gasteiger partial charge in [-0.1, -0.05) is 26.7 Å². The van der Waals surface area contributed by atoms with E-state index in [-0.39, 0.29) is 0 Å². The number of aromatic nitrogens is 2. The number of nitrogens with zero attached hydrogens (tertiary/aromatic N) is 2. The summed E-state index contributed by atoms with van der Waals surface area (Å²) in [5, 5.41) is 6.78. The molecule has 1 aromatic rings. The molecule has 2 N–H and O–H groups in total. The maximum atomic E-state index is 4.56. The molecule has 4 nitrogen and oxygen atoms in total. The molecular weight excluding hydrogens is 260 g/mol. The average molecular weight is 290 g/mol. The fourth-order valence-electron chi connectivity index (χ4n) is 3.62. The zero-order chi connectivity index (χ0) is 15.3. The highest BCUT2D eigenvalue weighted by Gasteiger charge is 2.34. The molecule has 21 heavy (non-hydrogen) atoms. The summed E-state index contributed by atoms with van der Waals surface area (Å²) in [4.78, 5) is 8.97. The maximum absolute atomic E-state index is 4.56. The first-order valence-corrected chi connectivity index (χ1v) is 8.36. The molecule has 0 radical (unpaired) electrons. The Hall–Kier alpha value is -1.32. The molecule has 0 bridgehead atoms. The molecule has 0 unspecified atom stereocenters. The van der Waals surface area contributed by atoms with Crippen LogP contribution in [0.2, 0.25) is 0 Å². The normalized spacial score (nSPS) is 17.2. The minimum absolute atomic E-state index is 0.464. The molecular formula is C17H30N4. The number of anilines is 2. The van der Waals surface area contributed by atoms with E-state index in [9.17, 15) is 0 Å². The van der Waals surface area contributed by atoms with Crippen LogP contribution in [0.1, 0.15) is 58.6 Å². The Labute approximate surface area is 129 Å². The third-order valence-electron chi connectivity index (χ3n) is 4.34. The van der Waals surface area contributed by atoms with Crippen molar-refractivity contribution in [1.82, 2.24) is 9.97 Å². The molecule has 1 fully saturated rings. The molecule has 0 spiro atoms. The van der Waals surface area contributed by atoms with Crippen LogP contribution in [0.4, 0.5) is 11.8 Å². The van der Waals surface area contributed by atoms with Gasteiger partial charge in [0.2, 0.25) is 5.95 Å². The molecule has 0 aromatic carbocycles. The van der Waals surface area contributed by atoms with E-state index in [1.54, 1.807) is 0 Å². The predicted octanol–water partition coefficient (Wildman–Crippen LogP) is 4.24. The van der Waals surface area contributed by atoms with E-state index < -0.39 is 0 Å². The van der Waals surface area contributed by atoms with Gasteiger partial charge >= 0.3 is 0 Å². The van der Waals surface area contributed by atoms with Crippen molar-refractivity contribution in [2.75, 3.05) is 23.7 Å². The van der Waals surface area contributed by atoms with Gasteiger partial charge in [-0.25, -0.2) is 4.98 Å². The molecule has 0 amide bonds. The lowest BCUT2D eigenvalue weighted by atomic mass is 9.78. The SMILES string of the molecule is CCNc1nc(C)cc(NCC2(CC(C)C)CCCC2)n1. The molecule has 0 saturated heterocycles. The Bertz CT molecular complexity index is 450. The topological polar surface area (TPSA) is 49.8 Å². The van der Waals surface area contributed by atoms with E-state index in [2.05, 4.69) is 41.4 Å². The summed E-state index contributed by atoms with van der Waals surface area (Å²) in [6.45, 7) is 10.6. The zero-order valence-electron chi connectivity index (χ0n) is 14.0. The smallest absolute Gasteiger partial charge is 0.224 e. The van der Waals surface area contributed by atoms with E-state index in [1.165, 1.54) is 32.1 Å². The van der Waals surface area contributed by atoms with E-state index in [0.717, 1.165) is 36.5 Å². The van der Waals surface area contributed by atoms with Crippen LogP contribution in [-0.4, -0.2) is 23.1 Å². The molecule has 1 aliphatic carbocycles. The number of rotatable bonds is 7. The van der Waals surface area contributed by atoms with Crippen molar-refractivity contribution in [3.8, 4) is 0 Å². The molecule has 0 aliphatic heterocycles. The average Bonchev–Trinajstić information content (AvgIpc) is 2.84. The predicted molar refractivity (Wildman–Crippen MR) is 89.8 cm³/mol. The second kappa shape index (κ2) is 7.10. The summed E-state index contributed by atoms with van der Waals surface area (Å²) in [5.74, 6) is 2.44. The van der Waals surface area contributed by atoms with Gasteiger partial charge in [-0.2, -0.15) is 4.98 Å². The van der Waals surface area contributed by atoms with Gasteiger partial charge in [0.05, 0.1) is 0 Å². The van der Waals surface area contributed by atoms with Crippen molar-refractivity contribution in [2.24, 2.45) is 11.3 Å². The number of aryl methyl sites for hydroxylation is 1. The Morgan fingerprint density at radius 1 is 1.19 bits per heavy atom. The second-order valence-electron chi connectivity index (χ2n) is 6.91. The van der Waals surface area contributed by atoms with Crippen molar-refractivity contribution >= 4 is 11.8 Å². The van der Waals surface area contributed by atoms with Gasteiger partial charge < -0.3 is 10.6 Å². The van der Waals surface area contributed by atoms with Crippen molar-refractivity contribution in [3.05, 3.63) is 11.8 Å². The monoisotopic (exact) mass is 290 g/mol. The van der Waals surface area contributed by atoms with E-state index in [1.807, 2.05) is 13.0 Å². The first kappa shape index (κ1) is 16.1. The molecule has 118 valence electrons. The lowest BCUT2D eigenvalue weighted by Gasteiger charge is -2.31. The summed E-state index contributed by atoms with van der Waals surface area (Å²) in [6.07, 6.45) is 6.76. The van der Waals surface area contributed by atoms with Crippen molar-refractivity contribution in [3.63, 3.8) is 0 Å². The van der Waals surface area contributed by atoms with Crippen LogP contribution >= 0.6 is 0 Å². The number of hydrogen-bond donors (Lipinski definition) is 2. The third-order valence-corrected chi connectivity index (χ3v) is 4.34. The molecule has 1 aliphatic rings. The largest absolute Gasteiger partial charge is 0.369 e. The molecule has 1 saturated carbocycles. The van der Waals surface area contributed by atoms with Gasteiger partial charge in [0.25, 0.3) is 0 Å². The first-order valence-electron chi connectivity index (χ1n) is 8.36. The lowest BCUT2D eigenvalue weighted by molar-refractivity contribution is 0.252. The fourth-order valence-corrected chi connectivity index (χ4v) is 3.62. The van der Waals surface area contributed by atoms with Crippen LogP contribution in [0.25, 0.3) is 0 Å². The van der Waals surface area contributed by atoms with Gasteiger partial charge in [0.15, 0.2) is 0 Å². The second-order valence-corrected chi connectivity index (χ2v) is 6.91. The van der Waals surface area contributed by atoms with Crippen molar-refractivity contribution < 1.29 is 0 Å². The molecule has 2 rings (SSSR count). The summed E-state index contributed by atoms with van der Waals surface area (Å²) in [6, 6.07) is 2.04. The standard InChI is InChI=1S/C17H30N4/c1-5-18-16-20-14(4)10-15(21-16)19-12-17(11-13(2)3)8-6-7-9-17/h10,13H,5-9,11-12H2,1-4H3,(H2,18,19,20,21). The lowest BCUT2D eigenvalue weighted by Crippen LogP contribution is -2.29. The molecule has 1 aromatic heterocycles. The quantitative estimate of drug-likeness (QED) is 0.789. The third kappa shape index (κ3) is 4.58. The Balaban J connectivity index is 2.03. The highest BCUT2D eigenvalue weighted by atomic mass is 15.1. The van der Waals surface area contributed by atoms with Crippen LogP contribution < -0.4 is 10.6 Å². The highest BCUT2D eigenvalue weighted by Crippen LogP contribution is 2.43. The van der Waals surface area contributed by atoms with Gasteiger partial charge in [-0.15, -0.1) is 0 Å². The van der Waals surface area contributed by atoms with Crippen molar-refractivity contribution in [1.29, 1.82) is 0 Å². The summed E-state index contributed by atoms with van der Waals surface area (Å²) in [5.41, 5.74) is 1.47. The minimum Gasteiger partial charge on any atom is -0.369 e. The van der Waals surface area contributed by atoms with Crippen LogP contribution in [-0.2, 0) is 0 Å². The van der Waals surface area contributed by atoms with E-state index >= 15 is 0 Å². The van der Waals surface area contributed by atoms with Crippen LogP contribution in [0.15, 0.2) is 6.07 Å². The van der Waals surface area contributed by atoms with Gasteiger partial charge in [-0.05, 0) is 44.4 Å². The van der Waals surface area contributed by atoms with Crippen LogP contribution in [0.3, 0.4) is 0 Å². The first-order chi connectivity index (χ1) is 10.0. The Morgan fingerprint density at radius 2 is 1.90 bits per heavy atom. The molecule has 1 heterocycles. The van der Waals surface area contributed by atoms with Gasteiger partial charge in [-0.3, -0.25) is 0 Å². The number of hydrogen-bond acceptors (Lipinski definition) is 4. The van der Waals surface area contributed by atoms with Gasteiger partial charge in [0.1, 0.15) is 5.82 Å². The Morgan fingerprint density at radius 3 is 2.52 bits per heavy atom. The molecule has 0 atom stereocenters. The van der Waals surface area contributed by atoms with Gasteiger partial charge in [0, 0.05) is 24.8 Å².